The molecule has 4 atom stereocenters. The zero-order chi connectivity index (χ0) is 31.5. The first-order valence-electron chi connectivity index (χ1n) is 16.4. The van der Waals surface area contributed by atoms with Crippen molar-refractivity contribution >= 4 is 34.2 Å². The first-order chi connectivity index (χ1) is 21.2. The van der Waals surface area contributed by atoms with E-state index in [9.17, 15) is 19.2 Å². The minimum atomic E-state index is -0.843. The summed E-state index contributed by atoms with van der Waals surface area (Å²) in [5.74, 6) is -1.56. The van der Waals surface area contributed by atoms with Gasteiger partial charge in [-0.05, 0) is 49.8 Å². The third kappa shape index (κ3) is 9.21. The van der Waals surface area contributed by atoms with Gasteiger partial charge >= 0.3 is 0 Å². The predicted molar refractivity (Wildman–Crippen MR) is 173 cm³/mol. The first-order valence-corrected chi connectivity index (χ1v) is 16.4. The van der Waals surface area contributed by atoms with Crippen molar-refractivity contribution in [3.05, 3.63) is 71.9 Å². The molecule has 1 fully saturated rings. The number of hydrogen-bond donors (Lipinski definition) is 2. The van der Waals surface area contributed by atoms with E-state index < -0.39 is 23.5 Å². The fraction of sp³-hybridized carbons (Fsp3) is 0.514. The van der Waals surface area contributed by atoms with Crippen molar-refractivity contribution in [1.82, 2.24) is 10.3 Å². The minimum Gasteiger partial charge on any atom is -0.362 e. The van der Waals surface area contributed by atoms with E-state index in [1.807, 2.05) is 67.7 Å². The fourth-order valence-corrected chi connectivity index (χ4v) is 6.01. The van der Waals surface area contributed by atoms with E-state index >= 15 is 0 Å². The smallest absolute Gasteiger partial charge is 0.224 e. The van der Waals surface area contributed by atoms with Crippen molar-refractivity contribution in [2.24, 2.45) is 11.8 Å². The number of unbranched alkanes of at least 4 members (excludes halogenated alkanes) is 3. The van der Waals surface area contributed by atoms with Crippen molar-refractivity contribution in [3.8, 4) is 0 Å². The van der Waals surface area contributed by atoms with Crippen LogP contribution in [-0.2, 0) is 36.8 Å². The molecule has 0 aliphatic carbocycles. The molecular weight excluding hydrogens is 552 g/mol. The molecule has 0 radical (unpaired) electrons. The summed E-state index contributed by atoms with van der Waals surface area (Å²) in [6.07, 6.45) is 8.30. The van der Waals surface area contributed by atoms with Crippen LogP contribution in [0.5, 0.6) is 0 Å². The van der Waals surface area contributed by atoms with Crippen LogP contribution in [0.4, 0.5) is 0 Å². The van der Waals surface area contributed by atoms with Gasteiger partial charge in [0.05, 0.1) is 12.6 Å². The number of fused-ring (bicyclic) bond motifs is 1. The van der Waals surface area contributed by atoms with E-state index in [1.165, 1.54) is 0 Å². The van der Waals surface area contributed by atoms with E-state index in [1.54, 1.807) is 6.92 Å². The number of nitrogens with one attached hydrogen (secondary N) is 2. The highest BCUT2D eigenvalue weighted by molar-refractivity contribution is 5.97. The Balaban J connectivity index is 1.52. The van der Waals surface area contributed by atoms with Crippen LogP contribution in [0.15, 0.2) is 60.8 Å². The molecule has 7 nitrogen and oxygen atoms in total. The van der Waals surface area contributed by atoms with Gasteiger partial charge in [-0.25, -0.2) is 0 Å². The molecule has 7 heteroatoms. The summed E-state index contributed by atoms with van der Waals surface area (Å²) in [7, 11) is 0. The molecule has 4 rings (SSSR count). The lowest BCUT2D eigenvalue weighted by Gasteiger charge is -2.24. The lowest BCUT2D eigenvalue weighted by Crippen LogP contribution is -2.46. The summed E-state index contributed by atoms with van der Waals surface area (Å²) < 4.78 is 5.47. The SMILES string of the molecule is CCCCCC(=O)C[C@@H](Cc1c[nH]c2ccccc12)C(=O)N[C@@H](CCCC)C(=O)C[C@@H](Cc1ccccc1)C(=O)[C@@]1(C)CO1. The Morgan fingerprint density at radius 1 is 0.886 bits per heavy atom. The number of ketones is 3. The van der Waals surface area contributed by atoms with Crippen LogP contribution in [0.25, 0.3) is 10.9 Å². The standard InChI is InChI=1S/C37H48N2O5/c1-4-6-9-16-30(40)22-28(21-29-24-38-32-19-13-12-17-31(29)32)36(43)39-33(18-7-5-2)34(41)23-27(35(42)37(3)25-44-37)20-26-14-10-8-11-15-26/h8,10-15,17,19,24,27-28,33,38H,4-7,9,16,18,20-23,25H2,1-3H3,(H,39,43)/t27-,28-,33+,37-/m1/s1. The second kappa shape index (κ2) is 15.9. The minimum absolute atomic E-state index is 0.0321. The number of carbonyl (C=O) groups excluding carboxylic acids is 4. The highest BCUT2D eigenvalue weighted by atomic mass is 16.6. The fourth-order valence-electron chi connectivity index (χ4n) is 6.01. The van der Waals surface area contributed by atoms with E-state index in [0.717, 1.165) is 54.1 Å². The van der Waals surface area contributed by atoms with Crippen LogP contribution in [0.1, 0.15) is 89.7 Å². The van der Waals surface area contributed by atoms with E-state index in [2.05, 4.69) is 17.2 Å². The topological polar surface area (TPSA) is 109 Å². The number of H-pyrrole nitrogens is 1. The molecule has 0 unspecified atom stereocenters. The van der Waals surface area contributed by atoms with Crippen LogP contribution in [0.3, 0.4) is 0 Å². The van der Waals surface area contributed by atoms with Crippen LogP contribution in [0.2, 0.25) is 0 Å². The average molecular weight is 601 g/mol. The van der Waals surface area contributed by atoms with Crippen LogP contribution < -0.4 is 5.32 Å². The second-order valence-corrected chi connectivity index (χ2v) is 12.6. The number of Topliss-reactive ketones (excluding diaryl/α,β-unsaturated/α-hetero) is 3. The number of epoxide rings is 1. The lowest BCUT2D eigenvalue weighted by atomic mass is 9.83. The van der Waals surface area contributed by atoms with Gasteiger partial charge in [0.15, 0.2) is 11.6 Å². The van der Waals surface area contributed by atoms with E-state index in [4.69, 9.17) is 4.74 Å². The largest absolute Gasteiger partial charge is 0.362 e. The maximum Gasteiger partial charge on any atom is 0.224 e. The van der Waals surface area contributed by atoms with Crippen molar-refractivity contribution in [2.45, 2.75) is 103 Å². The van der Waals surface area contributed by atoms with Gasteiger partial charge in [-0.2, -0.15) is 0 Å². The third-order valence-corrected chi connectivity index (χ3v) is 8.84. The summed E-state index contributed by atoms with van der Waals surface area (Å²) in [6.45, 7) is 6.29. The first kappa shape index (κ1) is 33.3. The summed E-state index contributed by atoms with van der Waals surface area (Å²) in [5.41, 5.74) is 2.10. The average Bonchev–Trinajstić information content (AvgIpc) is 3.65. The maximum absolute atomic E-state index is 13.9. The Morgan fingerprint density at radius 3 is 2.30 bits per heavy atom. The van der Waals surface area contributed by atoms with Gasteiger partial charge in [0, 0.05) is 48.2 Å². The zero-order valence-electron chi connectivity index (χ0n) is 26.5. The number of amides is 1. The molecule has 1 aliphatic rings. The number of benzene rings is 2. The Labute approximate surface area is 261 Å². The number of aromatic amines is 1. The Hall–Kier alpha value is -3.58. The molecule has 1 saturated heterocycles. The van der Waals surface area contributed by atoms with Gasteiger partial charge in [0.1, 0.15) is 11.4 Å². The normalized spacial score (nSPS) is 18.0. The zero-order valence-corrected chi connectivity index (χ0v) is 26.5. The summed E-state index contributed by atoms with van der Waals surface area (Å²) in [5, 5.41) is 4.08. The summed E-state index contributed by atoms with van der Waals surface area (Å²) in [6, 6.07) is 16.9. The number of hydrogen-bond acceptors (Lipinski definition) is 5. The number of aromatic nitrogens is 1. The molecule has 236 valence electrons. The molecule has 2 N–H and O–H groups in total. The van der Waals surface area contributed by atoms with Crippen LogP contribution in [-0.4, -0.2) is 46.5 Å². The van der Waals surface area contributed by atoms with Crippen molar-refractivity contribution in [2.75, 3.05) is 6.61 Å². The molecule has 0 saturated carbocycles. The second-order valence-electron chi connectivity index (χ2n) is 12.6. The molecule has 0 spiro atoms. The number of para-hydroxylation sites is 1. The van der Waals surface area contributed by atoms with E-state index in [-0.39, 0.29) is 36.1 Å². The highest BCUT2D eigenvalue weighted by Crippen LogP contribution is 2.33. The number of rotatable bonds is 20. The maximum atomic E-state index is 13.9. The Morgan fingerprint density at radius 2 is 1.59 bits per heavy atom. The number of carbonyl (C=O) groups is 4. The van der Waals surface area contributed by atoms with Crippen molar-refractivity contribution in [1.29, 1.82) is 0 Å². The van der Waals surface area contributed by atoms with Crippen molar-refractivity contribution < 1.29 is 23.9 Å². The van der Waals surface area contributed by atoms with Crippen LogP contribution >= 0.6 is 0 Å². The van der Waals surface area contributed by atoms with E-state index in [0.29, 0.717) is 32.3 Å². The Kier molecular flexibility index (Phi) is 12.1. The third-order valence-electron chi connectivity index (χ3n) is 8.84. The van der Waals surface area contributed by atoms with Gasteiger partial charge in [-0.3, -0.25) is 19.2 Å². The molecule has 44 heavy (non-hydrogen) atoms. The molecule has 2 aromatic carbocycles. The predicted octanol–water partition coefficient (Wildman–Crippen LogP) is 6.72. The molecule has 0 bridgehead atoms. The van der Waals surface area contributed by atoms with Gasteiger partial charge in [0.25, 0.3) is 0 Å². The van der Waals surface area contributed by atoms with Gasteiger partial charge in [-0.15, -0.1) is 0 Å². The molecule has 1 aromatic heterocycles. The van der Waals surface area contributed by atoms with Gasteiger partial charge in [0.2, 0.25) is 5.91 Å². The van der Waals surface area contributed by atoms with Crippen molar-refractivity contribution in [3.63, 3.8) is 0 Å². The molecule has 2 heterocycles. The molecule has 3 aromatic rings. The monoisotopic (exact) mass is 600 g/mol. The number of ether oxygens (including phenoxy) is 1. The van der Waals surface area contributed by atoms with Gasteiger partial charge in [-0.1, -0.05) is 88.1 Å². The lowest BCUT2D eigenvalue weighted by molar-refractivity contribution is -0.134. The van der Waals surface area contributed by atoms with Crippen LogP contribution in [0, 0.1) is 11.8 Å². The Bertz CT molecular complexity index is 1410. The summed E-state index contributed by atoms with van der Waals surface area (Å²) in [4.78, 5) is 57.5. The molecular formula is C37H48N2O5. The van der Waals surface area contributed by atoms with Gasteiger partial charge < -0.3 is 15.0 Å². The molecule has 1 aliphatic heterocycles. The highest BCUT2D eigenvalue weighted by Gasteiger charge is 2.50. The quantitative estimate of drug-likeness (QED) is 0.111. The summed E-state index contributed by atoms with van der Waals surface area (Å²) >= 11 is 0. The molecule has 1 amide bonds.